The number of para-hydroxylation sites is 1. The minimum atomic E-state index is -1.03. The van der Waals surface area contributed by atoms with Gasteiger partial charge in [-0.15, -0.1) is 0 Å². The smallest absolute Gasteiger partial charge is 0.341 e. The second-order valence-corrected chi connectivity index (χ2v) is 6.55. The summed E-state index contributed by atoms with van der Waals surface area (Å²) in [7, 11) is 0. The maximum atomic E-state index is 12.1. The summed E-state index contributed by atoms with van der Waals surface area (Å²) >= 11 is 1.28. The number of hydrogen-bond donors (Lipinski definition) is 2. The van der Waals surface area contributed by atoms with Crippen LogP contribution in [-0.4, -0.2) is 28.8 Å². The van der Waals surface area contributed by atoms with Crippen LogP contribution >= 0.6 is 11.8 Å². The standard InChI is InChI=1S/C19H16N2O4S/c1-12-4-2-3-5-15(12)20-19-21-18(24)16(26-19)10-13-6-8-14(9-7-13)25-11-17(22)23/h2-10H,11H2,1H3,(H,22,23)(H,20,21,24)/b16-10+. The number of nitrogens with zero attached hydrogens (tertiary/aromatic N) is 1. The van der Waals surface area contributed by atoms with Crippen molar-refractivity contribution in [1.82, 2.24) is 5.32 Å². The van der Waals surface area contributed by atoms with Crippen molar-refractivity contribution < 1.29 is 19.4 Å². The third-order valence-electron chi connectivity index (χ3n) is 3.53. The van der Waals surface area contributed by atoms with E-state index < -0.39 is 12.6 Å². The van der Waals surface area contributed by atoms with Gasteiger partial charge in [0.2, 0.25) is 0 Å². The molecule has 1 aliphatic rings. The van der Waals surface area contributed by atoms with E-state index in [9.17, 15) is 9.59 Å². The Labute approximate surface area is 154 Å². The number of carboxylic acid groups (broad SMARTS) is 1. The molecular weight excluding hydrogens is 352 g/mol. The Morgan fingerprint density at radius 3 is 2.65 bits per heavy atom. The summed E-state index contributed by atoms with van der Waals surface area (Å²) in [6, 6.07) is 14.5. The first-order chi connectivity index (χ1) is 12.5. The van der Waals surface area contributed by atoms with E-state index in [1.165, 1.54) is 11.8 Å². The lowest BCUT2D eigenvalue weighted by atomic mass is 10.2. The number of amides is 1. The fourth-order valence-electron chi connectivity index (χ4n) is 2.24. The number of aliphatic carboxylic acids is 1. The summed E-state index contributed by atoms with van der Waals surface area (Å²) in [5.74, 6) is -0.774. The highest BCUT2D eigenvalue weighted by Gasteiger charge is 2.23. The summed E-state index contributed by atoms with van der Waals surface area (Å²) in [5, 5.41) is 11.9. The number of nitrogens with one attached hydrogen (secondary N) is 1. The molecule has 1 aliphatic heterocycles. The highest BCUT2D eigenvalue weighted by molar-refractivity contribution is 8.18. The van der Waals surface area contributed by atoms with Crippen LogP contribution in [-0.2, 0) is 9.59 Å². The lowest BCUT2D eigenvalue weighted by molar-refractivity contribution is -0.139. The lowest BCUT2D eigenvalue weighted by Gasteiger charge is -2.03. The van der Waals surface area contributed by atoms with Gasteiger partial charge in [0.05, 0.1) is 10.6 Å². The first-order valence-corrected chi connectivity index (χ1v) is 8.63. The largest absolute Gasteiger partial charge is 0.482 e. The van der Waals surface area contributed by atoms with E-state index in [0.29, 0.717) is 15.8 Å². The molecule has 0 atom stereocenters. The quantitative estimate of drug-likeness (QED) is 0.790. The van der Waals surface area contributed by atoms with Gasteiger partial charge < -0.3 is 15.2 Å². The second kappa shape index (κ2) is 7.88. The summed E-state index contributed by atoms with van der Waals surface area (Å²) in [4.78, 5) is 27.7. The third kappa shape index (κ3) is 4.52. The zero-order valence-corrected chi connectivity index (χ0v) is 14.7. The van der Waals surface area contributed by atoms with E-state index in [0.717, 1.165) is 16.8 Å². The molecule has 2 aromatic carbocycles. The van der Waals surface area contributed by atoms with Gasteiger partial charge in [-0.3, -0.25) is 4.79 Å². The molecule has 0 unspecified atom stereocenters. The number of carbonyl (C=O) groups is 2. The van der Waals surface area contributed by atoms with Crippen molar-refractivity contribution in [2.75, 3.05) is 6.61 Å². The summed E-state index contributed by atoms with van der Waals surface area (Å²) in [5.41, 5.74) is 2.66. The number of carbonyl (C=O) groups excluding carboxylic acids is 1. The van der Waals surface area contributed by atoms with Gasteiger partial charge in [0, 0.05) is 0 Å². The number of aliphatic imine (C=N–C) groups is 1. The van der Waals surface area contributed by atoms with Gasteiger partial charge in [0.15, 0.2) is 11.8 Å². The fourth-order valence-corrected chi connectivity index (χ4v) is 3.07. The molecule has 2 aromatic rings. The van der Waals surface area contributed by atoms with E-state index in [1.54, 1.807) is 30.3 Å². The topological polar surface area (TPSA) is 88.0 Å². The third-order valence-corrected chi connectivity index (χ3v) is 4.44. The Morgan fingerprint density at radius 2 is 1.96 bits per heavy atom. The Balaban J connectivity index is 1.72. The van der Waals surface area contributed by atoms with Crippen molar-refractivity contribution in [3.8, 4) is 5.75 Å². The van der Waals surface area contributed by atoms with Gasteiger partial charge in [-0.25, -0.2) is 9.79 Å². The minimum absolute atomic E-state index is 0.200. The molecule has 1 saturated heterocycles. The normalized spacial score (nSPS) is 16.7. The van der Waals surface area contributed by atoms with Crippen LogP contribution in [0.4, 0.5) is 5.69 Å². The maximum Gasteiger partial charge on any atom is 0.341 e. The molecule has 1 amide bonds. The van der Waals surface area contributed by atoms with Gasteiger partial charge in [-0.1, -0.05) is 30.3 Å². The van der Waals surface area contributed by atoms with Crippen LogP contribution in [0.5, 0.6) is 5.75 Å². The molecule has 0 radical (unpaired) electrons. The number of thioether (sulfide) groups is 1. The highest BCUT2D eigenvalue weighted by atomic mass is 32.2. The fraction of sp³-hybridized carbons (Fsp3) is 0.105. The summed E-state index contributed by atoms with van der Waals surface area (Å²) < 4.78 is 5.08. The Bertz CT molecular complexity index is 904. The SMILES string of the molecule is Cc1ccccc1N=C1NC(=O)/C(=C\c2ccc(OCC(=O)O)cc2)S1. The number of hydrogen-bond acceptors (Lipinski definition) is 5. The van der Waals surface area contributed by atoms with Crippen molar-refractivity contribution in [2.45, 2.75) is 6.92 Å². The molecule has 0 spiro atoms. The molecular formula is C19H16N2O4S. The minimum Gasteiger partial charge on any atom is -0.482 e. The molecule has 1 fully saturated rings. The predicted molar refractivity (Wildman–Crippen MR) is 102 cm³/mol. The van der Waals surface area contributed by atoms with Gasteiger partial charge in [-0.05, 0) is 54.1 Å². The number of ether oxygens (including phenoxy) is 1. The Hall–Kier alpha value is -3.06. The molecule has 1 heterocycles. The Morgan fingerprint density at radius 1 is 1.23 bits per heavy atom. The number of benzene rings is 2. The molecule has 0 bridgehead atoms. The summed E-state index contributed by atoms with van der Waals surface area (Å²) in [6.07, 6.45) is 1.75. The van der Waals surface area contributed by atoms with Crippen molar-refractivity contribution in [1.29, 1.82) is 0 Å². The van der Waals surface area contributed by atoms with Crippen LogP contribution in [0.25, 0.3) is 6.08 Å². The Kier molecular flexibility index (Phi) is 5.38. The summed E-state index contributed by atoms with van der Waals surface area (Å²) in [6.45, 7) is 1.57. The molecule has 26 heavy (non-hydrogen) atoms. The molecule has 132 valence electrons. The molecule has 7 heteroatoms. The van der Waals surface area contributed by atoms with Gasteiger partial charge in [0.25, 0.3) is 5.91 Å². The van der Waals surface area contributed by atoms with E-state index in [4.69, 9.17) is 9.84 Å². The first kappa shape index (κ1) is 17.8. The van der Waals surface area contributed by atoms with Crippen LogP contribution < -0.4 is 10.1 Å². The van der Waals surface area contributed by atoms with E-state index in [-0.39, 0.29) is 5.91 Å². The van der Waals surface area contributed by atoms with Crippen LogP contribution in [0.15, 0.2) is 58.4 Å². The van der Waals surface area contributed by atoms with Crippen LogP contribution in [0, 0.1) is 6.92 Å². The van der Waals surface area contributed by atoms with Crippen LogP contribution in [0.2, 0.25) is 0 Å². The van der Waals surface area contributed by atoms with Gasteiger partial charge in [0.1, 0.15) is 5.75 Å². The maximum absolute atomic E-state index is 12.1. The number of aryl methyl sites for hydroxylation is 1. The average Bonchev–Trinajstić information content (AvgIpc) is 2.95. The van der Waals surface area contributed by atoms with Crippen molar-refractivity contribution in [3.63, 3.8) is 0 Å². The van der Waals surface area contributed by atoms with Crippen molar-refractivity contribution in [3.05, 3.63) is 64.6 Å². The van der Waals surface area contributed by atoms with Crippen molar-refractivity contribution in [2.24, 2.45) is 4.99 Å². The highest BCUT2D eigenvalue weighted by Crippen LogP contribution is 2.29. The van der Waals surface area contributed by atoms with E-state index in [2.05, 4.69) is 10.3 Å². The number of amidine groups is 1. The molecule has 0 saturated carbocycles. The monoisotopic (exact) mass is 368 g/mol. The first-order valence-electron chi connectivity index (χ1n) is 7.81. The molecule has 0 aliphatic carbocycles. The van der Waals surface area contributed by atoms with Crippen LogP contribution in [0.3, 0.4) is 0 Å². The zero-order chi connectivity index (χ0) is 18.5. The van der Waals surface area contributed by atoms with E-state index >= 15 is 0 Å². The second-order valence-electron chi connectivity index (χ2n) is 5.52. The zero-order valence-electron chi connectivity index (χ0n) is 13.9. The molecule has 0 aromatic heterocycles. The van der Waals surface area contributed by atoms with Gasteiger partial charge in [-0.2, -0.15) is 0 Å². The molecule has 2 N–H and O–H groups in total. The average molecular weight is 368 g/mol. The molecule has 6 nitrogen and oxygen atoms in total. The molecule has 3 rings (SSSR count). The van der Waals surface area contributed by atoms with Gasteiger partial charge >= 0.3 is 5.97 Å². The van der Waals surface area contributed by atoms with Crippen molar-refractivity contribution >= 4 is 40.6 Å². The number of rotatable bonds is 5. The predicted octanol–water partition coefficient (Wildman–Crippen LogP) is 3.35. The van der Waals surface area contributed by atoms with Crippen LogP contribution in [0.1, 0.15) is 11.1 Å². The lowest BCUT2D eigenvalue weighted by Crippen LogP contribution is -2.19. The van der Waals surface area contributed by atoms with E-state index in [1.807, 2.05) is 31.2 Å². The number of carboxylic acids is 1.